The number of rotatable bonds is 10. The third kappa shape index (κ3) is 6.42. The number of aliphatic hydroxyl groups is 1. The summed E-state index contributed by atoms with van der Waals surface area (Å²) in [5.74, 6) is -1.35. The Morgan fingerprint density at radius 1 is 0.951 bits per heavy atom. The minimum Gasteiger partial charge on any atom is -0.507 e. The van der Waals surface area contributed by atoms with Crippen LogP contribution < -0.4 is 9.47 Å². The van der Waals surface area contributed by atoms with Crippen LogP contribution in [0.1, 0.15) is 29.7 Å². The predicted molar refractivity (Wildman–Crippen MR) is 151 cm³/mol. The first-order chi connectivity index (χ1) is 20.0. The number of Topliss-reactive ketones (excluding diaryl/α,β-unsaturated/α-hetero) is 1. The van der Waals surface area contributed by atoms with Crippen LogP contribution in [0.25, 0.3) is 5.76 Å². The maximum atomic E-state index is 13.6. The average Bonchev–Trinajstić information content (AvgIpc) is 3.25. The van der Waals surface area contributed by atoms with Crippen LogP contribution in [0.2, 0.25) is 0 Å². The second-order valence-electron chi connectivity index (χ2n) is 9.87. The van der Waals surface area contributed by atoms with E-state index < -0.39 is 23.5 Å². The molecule has 2 heterocycles. The fourth-order valence-electron chi connectivity index (χ4n) is 5.11. The highest BCUT2D eigenvalue weighted by molar-refractivity contribution is 6.46. The van der Waals surface area contributed by atoms with Crippen molar-refractivity contribution in [1.29, 1.82) is 0 Å². The molecule has 3 aromatic rings. The van der Waals surface area contributed by atoms with E-state index in [1.165, 1.54) is 29.2 Å². The molecule has 1 N–H and O–H groups in total. The van der Waals surface area contributed by atoms with Gasteiger partial charge in [-0.3, -0.25) is 14.5 Å². The van der Waals surface area contributed by atoms with Gasteiger partial charge in [0.1, 0.15) is 18.2 Å². The van der Waals surface area contributed by atoms with E-state index in [9.17, 15) is 19.1 Å². The zero-order chi connectivity index (χ0) is 28.8. The number of aliphatic hydroxyl groups excluding tert-OH is 1. The highest BCUT2D eigenvalue weighted by Crippen LogP contribution is 2.42. The lowest BCUT2D eigenvalue weighted by Crippen LogP contribution is -2.42. The highest BCUT2D eigenvalue weighted by Gasteiger charge is 2.46. The Balaban J connectivity index is 1.52. The Morgan fingerprint density at radius 3 is 2.39 bits per heavy atom. The van der Waals surface area contributed by atoms with Crippen LogP contribution in [0.15, 0.2) is 78.4 Å². The molecule has 1 amide bonds. The van der Waals surface area contributed by atoms with Crippen molar-refractivity contribution in [1.82, 2.24) is 9.80 Å². The molecule has 0 bridgehead atoms. The number of ether oxygens (including phenoxy) is 3. The summed E-state index contributed by atoms with van der Waals surface area (Å²) in [6.45, 7) is 6.05. The molecule has 41 heavy (non-hydrogen) atoms. The van der Waals surface area contributed by atoms with Gasteiger partial charge in [0, 0.05) is 31.7 Å². The summed E-state index contributed by atoms with van der Waals surface area (Å²) in [4.78, 5) is 30.4. The van der Waals surface area contributed by atoms with Gasteiger partial charge in [-0.25, -0.2) is 4.39 Å². The van der Waals surface area contributed by atoms with Gasteiger partial charge < -0.3 is 24.2 Å². The Kier molecular flexibility index (Phi) is 8.96. The van der Waals surface area contributed by atoms with Gasteiger partial charge in [-0.1, -0.05) is 36.4 Å². The smallest absolute Gasteiger partial charge is 0.295 e. The van der Waals surface area contributed by atoms with Crippen LogP contribution >= 0.6 is 0 Å². The quantitative estimate of drug-likeness (QED) is 0.221. The number of carbonyl (C=O) groups excluding carboxylic acids is 2. The first kappa shape index (κ1) is 28.3. The zero-order valence-corrected chi connectivity index (χ0v) is 22.9. The molecule has 0 spiro atoms. The molecular formula is C32H33FN2O6. The topological polar surface area (TPSA) is 88.5 Å². The van der Waals surface area contributed by atoms with Gasteiger partial charge in [-0.15, -0.1) is 0 Å². The number of benzene rings is 3. The molecule has 0 aromatic heterocycles. The molecule has 0 aliphatic carbocycles. The summed E-state index contributed by atoms with van der Waals surface area (Å²) < 4.78 is 31.0. The number of likely N-dealkylation sites (tertiary alicyclic amines) is 1. The number of amides is 1. The van der Waals surface area contributed by atoms with E-state index in [0.717, 1.165) is 18.7 Å². The second-order valence-corrected chi connectivity index (χ2v) is 9.87. The van der Waals surface area contributed by atoms with E-state index in [1.807, 2.05) is 37.3 Å². The van der Waals surface area contributed by atoms with E-state index >= 15 is 0 Å². The molecule has 9 heteroatoms. The van der Waals surface area contributed by atoms with E-state index in [2.05, 4.69) is 4.90 Å². The third-order valence-corrected chi connectivity index (χ3v) is 7.24. The van der Waals surface area contributed by atoms with Crippen molar-refractivity contribution >= 4 is 17.4 Å². The molecule has 0 saturated carbocycles. The summed E-state index contributed by atoms with van der Waals surface area (Å²) in [6.07, 6.45) is 0. The SMILES string of the molecule is CCOc1cc(C2/C(=C(\O)c3ccc(F)cc3)C(=O)C(=O)N2CCN2CCOCC2)ccc1OCc1ccccc1. The van der Waals surface area contributed by atoms with Crippen molar-refractivity contribution < 1.29 is 33.3 Å². The summed E-state index contributed by atoms with van der Waals surface area (Å²) in [7, 11) is 0. The van der Waals surface area contributed by atoms with Gasteiger partial charge in [0.05, 0.1) is 31.4 Å². The van der Waals surface area contributed by atoms with Gasteiger partial charge >= 0.3 is 0 Å². The summed E-state index contributed by atoms with van der Waals surface area (Å²) in [5.41, 5.74) is 1.78. The Labute approximate surface area is 238 Å². The number of hydrogen-bond acceptors (Lipinski definition) is 7. The van der Waals surface area contributed by atoms with Crippen molar-refractivity contribution in [2.45, 2.75) is 19.6 Å². The van der Waals surface area contributed by atoms with Crippen LogP contribution in [-0.2, 0) is 20.9 Å². The molecule has 1 atom stereocenters. The standard InChI is InChI=1S/C32H33FN2O6/c1-2-40-27-20-24(10-13-26(27)41-21-22-6-4-3-5-7-22)29-28(30(36)23-8-11-25(33)12-9-23)31(37)32(38)35(29)15-14-34-16-18-39-19-17-34/h3-13,20,29,36H,2,14-19,21H2,1H3/b30-28+. The third-order valence-electron chi connectivity index (χ3n) is 7.24. The monoisotopic (exact) mass is 560 g/mol. The average molecular weight is 561 g/mol. The number of carbonyl (C=O) groups is 2. The second kappa shape index (κ2) is 13.0. The van der Waals surface area contributed by atoms with Crippen molar-refractivity contribution in [3.05, 3.63) is 101 Å². The van der Waals surface area contributed by atoms with Crippen LogP contribution in [0.3, 0.4) is 0 Å². The normalized spacial score (nSPS) is 19.0. The zero-order valence-electron chi connectivity index (χ0n) is 22.9. The summed E-state index contributed by atoms with van der Waals surface area (Å²) in [5, 5.41) is 11.3. The molecule has 0 radical (unpaired) electrons. The maximum Gasteiger partial charge on any atom is 0.295 e. The van der Waals surface area contributed by atoms with Crippen LogP contribution in [0.4, 0.5) is 4.39 Å². The Bertz CT molecular complexity index is 1400. The first-order valence-electron chi connectivity index (χ1n) is 13.7. The van der Waals surface area contributed by atoms with Crippen molar-refractivity contribution in [3.63, 3.8) is 0 Å². The number of nitrogens with zero attached hydrogens (tertiary/aromatic N) is 2. The molecule has 3 aromatic carbocycles. The molecule has 5 rings (SSSR count). The predicted octanol–water partition coefficient (Wildman–Crippen LogP) is 4.56. The Morgan fingerprint density at radius 2 is 1.68 bits per heavy atom. The van der Waals surface area contributed by atoms with Gasteiger partial charge in [0.15, 0.2) is 11.5 Å². The number of halogens is 1. The van der Waals surface area contributed by atoms with Crippen LogP contribution in [0.5, 0.6) is 11.5 Å². The van der Waals surface area contributed by atoms with Crippen molar-refractivity contribution in [3.8, 4) is 11.5 Å². The minimum absolute atomic E-state index is 0.0519. The van der Waals surface area contributed by atoms with Crippen molar-refractivity contribution in [2.24, 2.45) is 0 Å². The number of ketones is 1. The molecular weight excluding hydrogens is 527 g/mol. The Hall–Kier alpha value is -4.21. The highest BCUT2D eigenvalue weighted by atomic mass is 19.1. The van der Waals surface area contributed by atoms with Gasteiger partial charge in [-0.05, 0) is 54.4 Å². The molecule has 2 fully saturated rings. The molecule has 1 unspecified atom stereocenters. The van der Waals surface area contributed by atoms with E-state index in [4.69, 9.17) is 14.2 Å². The molecule has 2 aliphatic rings. The lowest BCUT2D eigenvalue weighted by Gasteiger charge is -2.31. The number of morpholine rings is 1. The summed E-state index contributed by atoms with van der Waals surface area (Å²) in [6, 6.07) is 19.3. The minimum atomic E-state index is -0.872. The summed E-state index contributed by atoms with van der Waals surface area (Å²) >= 11 is 0. The lowest BCUT2D eigenvalue weighted by molar-refractivity contribution is -0.140. The van der Waals surface area contributed by atoms with E-state index in [-0.39, 0.29) is 23.4 Å². The largest absolute Gasteiger partial charge is 0.507 e. The fraction of sp³-hybridized carbons (Fsp3) is 0.312. The van der Waals surface area contributed by atoms with Gasteiger partial charge in [0.2, 0.25) is 0 Å². The van der Waals surface area contributed by atoms with E-state index in [1.54, 1.807) is 18.2 Å². The first-order valence-corrected chi connectivity index (χ1v) is 13.7. The molecule has 2 aliphatic heterocycles. The fourth-order valence-corrected chi connectivity index (χ4v) is 5.11. The number of hydrogen-bond donors (Lipinski definition) is 1. The van der Waals surface area contributed by atoms with E-state index in [0.29, 0.717) is 50.0 Å². The van der Waals surface area contributed by atoms with Crippen molar-refractivity contribution in [2.75, 3.05) is 46.0 Å². The maximum absolute atomic E-state index is 13.6. The molecule has 214 valence electrons. The van der Waals surface area contributed by atoms with Crippen LogP contribution in [0, 0.1) is 5.82 Å². The van der Waals surface area contributed by atoms with Gasteiger partial charge in [-0.2, -0.15) is 0 Å². The molecule has 2 saturated heterocycles. The van der Waals surface area contributed by atoms with Crippen LogP contribution in [-0.4, -0.2) is 72.6 Å². The molecule has 8 nitrogen and oxygen atoms in total. The van der Waals surface area contributed by atoms with Gasteiger partial charge in [0.25, 0.3) is 11.7 Å². The lowest BCUT2D eigenvalue weighted by atomic mass is 9.95.